The Morgan fingerprint density at radius 1 is 0.289 bits per heavy atom. The van der Waals surface area contributed by atoms with Crippen molar-refractivity contribution >= 4 is 106 Å². The van der Waals surface area contributed by atoms with Crippen LogP contribution >= 0.6 is 0 Å². The second-order valence-electron chi connectivity index (χ2n) is 19.5. The topological polar surface area (TPSA) is 75.2 Å². The molecule has 76 heavy (non-hydrogen) atoms. The molecular weight excluding hydrogens is 947 g/mol. The molecule has 0 aliphatic heterocycles. The van der Waals surface area contributed by atoms with Crippen LogP contribution in [0.25, 0.3) is 106 Å². The molecule has 356 valence electrons. The van der Waals surface area contributed by atoms with E-state index in [-0.39, 0.29) is 0 Å². The van der Waals surface area contributed by atoms with Crippen LogP contribution in [-0.2, 0) is 0 Å². The molecule has 0 aliphatic carbocycles. The molecule has 9 nitrogen and oxygen atoms in total. The summed E-state index contributed by atoms with van der Waals surface area (Å²) in [5.41, 5.74) is 13.0. The zero-order valence-corrected chi connectivity index (χ0v) is 41.9. The van der Waals surface area contributed by atoms with E-state index in [4.69, 9.17) is 19.9 Å². The smallest absolute Gasteiger partial charge is 0.239 e. The number of fused-ring (bicyclic) bond motifs is 13. The summed E-state index contributed by atoms with van der Waals surface area (Å²) in [5.74, 6) is 2.69. The van der Waals surface area contributed by atoms with Crippen molar-refractivity contribution in [3.8, 4) is 28.7 Å². The first kappa shape index (κ1) is 42.4. The van der Waals surface area contributed by atoms with Crippen molar-refractivity contribution in [1.29, 1.82) is 0 Å². The van der Waals surface area contributed by atoms with Gasteiger partial charge in [-0.15, -0.1) is 0 Å². The third kappa shape index (κ3) is 6.07. The van der Waals surface area contributed by atoms with Crippen molar-refractivity contribution in [2.75, 3.05) is 0 Å². The first-order valence-corrected chi connectivity index (χ1v) is 27.6. The molecule has 0 spiro atoms. The Bertz CT molecular complexity index is 4710. The van der Waals surface area contributed by atoms with Gasteiger partial charge in [-0.3, -0.25) is 13.4 Å². The van der Waals surface area contributed by atoms with Crippen molar-refractivity contribution in [2.45, 2.75) is 0 Å². The van der Waals surface area contributed by atoms with Gasteiger partial charge in [0.15, 0.2) is 8.07 Å². The summed E-state index contributed by atoms with van der Waals surface area (Å²) >= 11 is 0. The Hall–Kier alpha value is -10.2. The number of rotatable bonds is 8. The van der Waals surface area contributed by atoms with Crippen molar-refractivity contribution < 1.29 is 0 Å². The molecule has 0 aliphatic rings. The maximum atomic E-state index is 5.65. The van der Waals surface area contributed by atoms with Crippen LogP contribution in [-0.4, -0.2) is 50.5 Å². The van der Waals surface area contributed by atoms with Crippen LogP contribution in [0.2, 0.25) is 0 Å². The minimum Gasteiger partial charge on any atom is -0.309 e. The van der Waals surface area contributed by atoms with E-state index in [1.54, 1.807) is 0 Å². The molecule has 0 radical (unpaired) electrons. The molecule has 16 aromatic rings. The Labute approximate surface area is 436 Å². The van der Waals surface area contributed by atoms with Gasteiger partial charge in [-0.2, -0.15) is 4.98 Å². The van der Waals surface area contributed by atoms with Crippen molar-refractivity contribution in [3.63, 3.8) is 0 Å². The van der Waals surface area contributed by atoms with E-state index < -0.39 is 8.07 Å². The maximum Gasteiger partial charge on any atom is 0.239 e. The highest BCUT2D eigenvalue weighted by Crippen LogP contribution is 2.35. The molecule has 10 aromatic carbocycles. The molecule has 0 fully saturated rings. The lowest BCUT2D eigenvalue weighted by atomic mass is 10.1. The monoisotopic (exact) mass is 989 g/mol. The van der Waals surface area contributed by atoms with Gasteiger partial charge in [-0.1, -0.05) is 182 Å². The Morgan fingerprint density at radius 3 is 1.33 bits per heavy atom. The summed E-state index contributed by atoms with van der Waals surface area (Å²) in [6, 6.07) is 93.9. The SMILES string of the molecule is c1ccc([Si](c2ccccc2)(c2cccc(-c3cc(-n4c5ccccc5n5c6ccccc6nc45)nc(-n4c5ccccc5n5c6ccccc6nc45)n3)c2)c2cccc(-n3c4ccccc4c4ccccc43)c2)cc1. The second kappa shape index (κ2) is 16.4. The van der Waals surface area contributed by atoms with Crippen LogP contribution in [0, 0.1) is 0 Å². The summed E-state index contributed by atoms with van der Waals surface area (Å²) in [4.78, 5) is 21.8. The van der Waals surface area contributed by atoms with Gasteiger partial charge >= 0.3 is 0 Å². The van der Waals surface area contributed by atoms with Crippen LogP contribution < -0.4 is 20.7 Å². The maximum absolute atomic E-state index is 5.65. The van der Waals surface area contributed by atoms with E-state index in [0.29, 0.717) is 11.8 Å². The molecule has 6 heterocycles. The van der Waals surface area contributed by atoms with Gasteiger partial charge in [-0.05, 0) is 93.5 Å². The fourth-order valence-corrected chi connectivity index (χ4v) is 17.1. The van der Waals surface area contributed by atoms with Crippen LogP contribution in [0.5, 0.6) is 0 Å². The van der Waals surface area contributed by atoms with Gasteiger partial charge in [-0.25, -0.2) is 19.5 Å². The molecule has 0 atom stereocenters. The van der Waals surface area contributed by atoms with E-state index >= 15 is 0 Å². The van der Waals surface area contributed by atoms with Crippen LogP contribution in [0.15, 0.2) is 261 Å². The van der Waals surface area contributed by atoms with E-state index in [2.05, 4.69) is 271 Å². The molecule has 10 heteroatoms. The highest BCUT2D eigenvalue weighted by atomic mass is 28.3. The van der Waals surface area contributed by atoms with Gasteiger partial charge in [0.05, 0.1) is 60.9 Å². The van der Waals surface area contributed by atoms with Gasteiger partial charge in [0, 0.05) is 28.1 Å². The highest BCUT2D eigenvalue weighted by molar-refractivity contribution is 7.20. The molecule has 16 rings (SSSR count). The Balaban J connectivity index is 0.982. The van der Waals surface area contributed by atoms with Crippen molar-refractivity contribution in [2.24, 2.45) is 0 Å². The number of nitrogens with zero attached hydrogens (tertiary/aromatic N) is 9. The summed E-state index contributed by atoms with van der Waals surface area (Å²) in [6.07, 6.45) is 0. The number of benzene rings is 10. The average Bonchev–Trinajstić information content (AvgIpc) is 4.30. The first-order chi connectivity index (χ1) is 37.7. The normalized spacial score (nSPS) is 12.2. The van der Waals surface area contributed by atoms with Crippen molar-refractivity contribution in [1.82, 2.24) is 42.4 Å². The molecule has 0 saturated heterocycles. The van der Waals surface area contributed by atoms with Gasteiger partial charge < -0.3 is 4.57 Å². The van der Waals surface area contributed by atoms with Crippen LogP contribution in [0.4, 0.5) is 0 Å². The Kier molecular flexibility index (Phi) is 9.15. The fraction of sp³-hybridized carbons (Fsp3) is 0. The van der Waals surface area contributed by atoms with Crippen molar-refractivity contribution in [3.05, 3.63) is 261 Å². The first-order valence-electron chi connectivity index (χ1n) is 25.6. The summed E-state index contributed by atoms with van der Waals surface area (Å²) in [5, 5.41) is 7.53. The lowest BCUT2D eigenvalue weighted by Crippen LogP contribution is -2.74. The lowest BCUT2D eigenvalue weighted by Gasteiger charge is -2.35. The number of aromatic nitrogens is 9. The summed E-state index contributed by atoms with van der Waals surface area (Å²) in [6.45, 7) is 0. The lowest BCUT2D eigenvalue weighted by molar-refractivity contribution is 0.930. The predicted molar refractivity (Wildman–Crippen MR) is 312 cm³/mol. The standard InChI is InChI=1S/C66H43N9Si/c1-3-23-46(24-4-1)76(47-25-5-2-6-26-47,49-28-20-22-45(42-49)71-55-33-11-7-29-50(55)51-30-8-12-34-56(51)71)48-27-19-21-44(41-48)54-43-63(74-61-39-17-15-37-59(61)72-57-35-13-9-31-52(57)68-65(72)74)70-64(67-54)75-62-40-18-16-38-60(62)73-58-36-14-10-32-53(58)69-66(73)75/h1-43H. The molecule has 0 bridgehead atoms. The summed E-state index contributed by atoms with van der Waals surface area (Å²) in [7, 11) is -3.15. The fourth-order valence-electron chi connectivity index (χ4n) is 12.3. The van der Waals surface area contributed by atoms with Gasteiger partial charge in [0.2, 0.25) is 17.5 Å². The minimum absolute atomic E-state index is 0.500. The van der Waals surface area contributed by atoms with Gasteiger partial charge in [0.25, 0.3) is 0 Å². The molecular formula is C66H43N9Si. The third-order valence-corrected chi connectivity index (χ3v) is 20.2. The van der Waals surface area contributed by atoms with E-state index in [1.165, 1.54) is 42.6 Å². The zero-order valence-electron chi connectivity index (χ0n) is 40.9. The van der Waals surface area contributed by atoms with Crippen LogP contribution in [0.3, 0.4) is 0 Å². The second-order valence-corrected chi connectivity index (χ2v) is 23.3. The molecule has 0 N–H and O–H groups in total. The number of imidazole rings is 4. The highest BCUT2D eigenvalue weighted by Gasteiger charge is 2.42. The minimum atomic E-state index is -3.15. The molecule has 6 aromatic heterocycles. The number of para-hydroxylation sites is 10. The molecule has 0 saturated carbocycles. The largest absolute Gasteiger partial charge is 0.309 e. The van der Waals surface area contributed by atoms with E-state index in [0.717, 1.165) is 72.6 Å². The molecule has 0 amide bonds. The molecule has 0 unspecified atom stereocenters. The van der Waals surface area contributed by atoms with Crippen LogP contribution in [0.1, 0.15) is 0 Å². The predicted octanol–water partition coefficient (Wildman–Crippen LogP) is 12.1. The quantitative estimate of drug-likeness (QED) is 0.112. The van der Waals surface area contributed by atoms with Gasteiger partial charge in [0.1, 0.15) is 5.82 Å². The summed E-state index contributed by atoms with van der Waals surface area (Å²) < 4.78 is 11.2. The van der Waals surface area contributed by atoms with E-state index in [9.17, 15) is 0 Å². The third-order valence-electron chi connectivity index (χ3n) is 15.5. The number of hydrogen-bond acceptors (Lipinski definition) is 4. The Morgan fingerprint density at radius 2 is 0.737 bits per heavy atom. The van der Waals surface area contributed by atoms with E-state index in [1.807, 2.05) is 12.1 Å². The number of hydrogen-bond donors (Lipinski definition) is 0. The zero-order chi connectivity index (χ0) is 49.9. The average molecular weight is 990 g/mol.